The molecular formula is C16H24N4S. The maximum Gasteiger partial charge on any atom is 0.204 e. The summed E-state index contributed by atoms with van der Waals surface area (Å²) in [4.78, 5) is 1.71. The van der Waals surface area contributed by atoms with Crippen LogP contribution in [0.25, 0.3) is 11.4 Å². The van der Waals surface area contributed by atoms with Crippen LogP contribution in [0.1, 0.15) is 44.9 Å². The summed E-state index contributed by atoms with van der Waals surface area (Å²) in [5, 5.41) is 12.7. The van der Waals surface area contributed by atoms with Gasteiger partial charge in [0.25, 0.3) is 0 Å². The number of hydrogen-bond acceptors (Lipinski definition) is 4. The third-order valence-electron chi connectivity index (χ3n) is 3.50. The van der Waals surface area contributed by atoms with E-state index in [1.165, 1.54) is 38.5 Å². The highest BCUT2D eigenvalue weighted by atomic mass is 32.1. The average Bonchev–Trinajstić information content (AvgIpc) is 3.00. The van der Waals surface area contributed by atoms with Gasteiger partial charge in [0.05, 0.1) is 6.54 Å². The lowest BCUT2D eigenvalue weighted by atomic mass is 10.1. The molecule has 0 spiro atoms. The largest absolute Gasteiger partial charge is 0.204 e. The van der Waals surface area contributed by atoms with E-state index in [-0.39, 0.29) is 0 Å². The van der Waals surface area contributed by atoms with Crippen LogP contribution in [-0.4, -0.2) is 26.0 Å². The van der Waals surface area contributed by atoms with Crippen molar-refractivity contribution in [2.45, 2.75) is 51.5 Å². The van der Waals surface area contributed by atoms with Crippen LogP contribution >= 0.6 is 12.6 Å². The molecule has 0 amide bonds. The number of rotatable bonds is 10. The Morgan fingerprint density at radius 3 is 2.24 bits per heavy atom. The SMILES string of the molecule is SCCCCCCCCCn1nnc(-c2ccccc2)n1. The van der Waals surface area contributed by atoms with E-state index in [1.807, 2.05) is 30.3 Å². The van der Waals surface area contributed by atoms with E-state index in [1.54, 1.807) is 4.80 Å². The van der Waals surface area contributed by atoms with Gasteiger partial charge < -0.3 is 0 Å². The molecule has 1 heterocycles. The van der Waals surface area contributed by atoms with Crippen LogP contribution in [0.4, 0.5) is 0 Å². The molecule has 114 valence electrons. The molecule has 0 saturated carbocycles. The molecule has 0 aliphatic carbocycles. The maximum absolute atomic E-state index is 4.42. The number of benzene rings is 1. The van der Waals surface area contributed by atoms with Gasteiger partial charge in [0.15, 0.2) is 0 Å². The lowest BCUT2D eigenvalue weighted by molar-refractivity contribution is 0.473. The molecule has 21 heavy (non-hydrogen) atoms. The molecule has 0 fully saturated rings. The van der Waals surface area contributed by atoms with E-state index in [4.69, 9.17) is 0 Å². The maximum atomic E-state index is 4.42. The minimum atomic E-state index is 0.711. The van der Waals surface area contributed by atoms with Gasteiger partial charge in [-0.25, -0.2) is 0 Å². The molecule has 4 nitrogen and oxygen atoms in total. The summed E-state index contributed by atoms with van der Waals surface area (Å²) in [5.74, 6) is 1.73. The Balaban J connectivity index is 1.63. The second kappa shape index (κ2) is 9.55. The Hall–Kier alpha value is -1.36. The summed E-state index contributed by atoms with van der Waals surface area (Å²) in [6.45, 7) is 0.858. The monoisotopic (exact) mass is 304 g/mol. The predicted octanol–water partition coefficient (Wildman–Crippen LogP) is 4.00. The van der Waals surface area contributed by atoms with E-state index in [0.717, 1.165) is 24.3 Å². The number of nitrogens with zero attached hydrogens (tertiary/aromatic N) is 4. The zero-order valence-electron chi connectivity index (χ0n) is 12.5. The van der Waals surface area contributed by atoms with Gasteiger partial charge in [0, 0.05) is 5.56 Å². The molecular weight excluding hydrogens is 280 g/mol. The molecule has 0 aliphatic rings. The summed E-state index contributed by atoms with van der Waals surface area (Å²) < 4.78 is 0. The number of aromatic nitrogens is 4. The number of aryl methyl sites for hydroxylation is 1. The van der Waals surface area contributed by atoms with Crippen molar-refractivity contribution in [1.29, 1.82) is 0 Å². The minimum Gasteiger partial charge on any atom is -0.179 e. The minimum absolute atomic E-state index is 0.711. The molecule has 1 aromatic carbocycles. The van der Waals surface area contributed by atoms with Crippen molar-refractivity contribution in [3.63, 3.8) is 0 Å². The predicted molar refractivity (Wildman–Crippen MR) is 89.4 cm³/mol. The fraction of sp³-hybridized carbons (Fsp3) is 0.562. The molecule has 0 N–H and O–H groups in total. The molecule has 0 bridgehead atoms. The van der Waals surface area contributed by atoms with Crippen molar-refractivity contribution in [1.82, 2.24) is 20.2 Å². The van der Waals surface area contributed by atoms with Crippen molar-refractivity contribution in [3.05, 3.63) is 30.3 Å². The quantitative estimate of drug-likeness (QED) is 0.533. The zero-order valence-corrected chi connectivity index (χ0v) is 13.4. The number of thiol groups is 1. The van der Waals surface area contributed by atoms with Gasteiger partial charge in [0.2, 0.25) is 5.82 Å². The van der Waals surface area contributed by atoms with Crippen molar-refractivity contribution in [3.8, 4) is 11.4 Å². The van der Waals surface area contributed by atoms with Crippen LogP contribution in [0.15, 0.2) is 30.3 Å². The molecule has 2 aromatic rings. The molecule has 0 radical (unpaired) electrons. The summed E-state index contributed by atoms with van der Waals surface area (Å²) in [7, 11) is 0. The third kappa shape index (κ3) is 5.87. The van der Waals surface area contributed by atoms with Gasteiger partial charge in [-0.15, -0.1) is 10.2 Å². The fourth-order valence-electron chi connectivity index (χ4n) is 2.29. The van der Waals surface area contributed by atoms with Gasteiger partial charge >= 0.3 is 0 Å². The summed E-state index contributed by atoms with van der Waals surface area (Å²) in [6, 6.07) is 9.98. The second-order valence-corrected chi connectivity index (χ2v) is 5.72. The summed E-state index contributed by atoms with van der Waals surface area (Å²) in [6.07, 6.45) is 8.88. The van der Waals surface area contributed by atoms with Gasteiger partial charge in [-0.2, -0.15) is 17.4 Å². The highest BCUT2D eigenvalue weighted by Crippen LogP contribution is 2.12. The normalized spacial score (nSPS) is 10.9. The number of tetrazole rings is 1. The highest BCUT2D eigenvalue weighted by Gasteiger charge is 2.04. The fourth-order valence-corrected chi connectivity index (χ4v) is 2.51. The Labute approximate surface area is 132 Å². The lowest BCUT2D eigenvalue weighted by Crippen LogP contribution is -2.02. The van der Waals surface area contributed by atoms with E-state index in [9.17, 15) is 0 Å². The van der Waals surface area contributed by atoms with E-state index < -0.39 is 0 Å². The average molecular weight is 304 g/mol. The first-order chi connectivity index (χ1) is 10.4. The Bertz CT molecular complexity index is 498. The van der Waals surface area contributed by atoms with Crippen LogP contribution < -0.4 is 0 Å². The highest BCUT2D eigenvalue weighted by molar-refractivity contribution is 7.80. The summed E-state index contributed by atoms with van der Waals surface area (Å²) in [5.41, 5.74) is 1.02. The van der Waals surface area contributed by atoms with Gasteiger partial charge in [0.1, 0.15) is 0 Å². The molecule has 0 atom stereocenters. The lowest BCUT2D eigenvalue weighted by Gasteiger charge is -2.01. The molecule has 2 rings (SSSR count). The van der Waals surface area contributed by atoms with Crippen LogP contribution in [0, 0.1) is 0 Å². The third-order valence-corrected chi connectivity index (χ3v) is 3.82. The van der Waals surface area contributed by atoms with Crippen molar-refractivity contribution in [2.75, 3.05) is 5.75 Å². The van der Waals surface area contributed by atoms with Gasteiger partial charge in [-0.05, 0) is 23.8 Å². The van der Waals surface area contributed by atoms with Crippen LogP contribution in [0.3, 0.4) is 0 Å². The first-order valence-electron chi connectivity index (χ1n) is 7.84. The van der Waals surface area contributed by atoms with Crippen LogP contribution in [-0.2, 0) is 6.54 Å². The second-order valence-electron chi connectivity index (χ2n) is 5.27. The van der Waals surface area contributed by atoms with Crippen LogP contribution in [0.2, 0.25) is 0 Å². The Morgan fingerprint density at radius 2 is 1.52 bits per heavy atom. The Kier molecular flexibility index (Phi) is 7.29. The van der Waals surface area contributed by atoms with Crippen molar-refractivity contribution >= 4 is 12.6 Å². The smallest absolute Gasteiger partial charge is 0.179 e. The number of hydrogen-bond donors (Lipinski definition) is 1. The molecule has 5 heteroatoms. The molecule has 1 aromatic heterocycles. The number of unbranched alkanes of at least 4 members (excludes halogenated alkanes) is 6. The molecule has 0 unspecified atom stereocenters. The topological polar surface area (TPSA) is 43.6 Å². The van der Waals surface area contributed by atoms with Gasteiger partial charge in [-0.1, -0.05) is 62.4 Å². The Morgan fingerprint density at radius 1 is 0.857 bits per heavy atom. The van der Waals surface area contributed by atoms with Crippen LogP contribution in [0.5, 0.6) is 0 Å². The standard InChI is InChI=1S/C16H24N4S/c21-14-10-5-3-1-2-4-9-13-20-18-16(17-19-20)15-11-7-6-8-12-15/h6-8,11-12,21H,1-5,9-10,13-14H2. The molecule has 0 aliphatic heterocycles. The first kappa shape index (κ1) is 16.0. The molecule has 0 saturated heterocycles. The zero-order chi connectivity index (χ0) is 14.8. The van der Waals surface area contributed by atoms with E-state index >= 15 is 0 Å². The van der Waals surface area contributed by atoms with E-state index in [0.29, 0.717) is 5.82 Å². The van der Waals surface area contributed by atoms with Crippen molar-refractivity contribution < 1.29 is 0 Å². The first-order valence-corrected chi connectivity index (χ1v) is 8.47. The van der Waals surface area contributed by atoms with Gasteiger partial charge in [-0.3, -0.25) is 0 Å². The van der Waals surface area contributed by atoms with E-state index in [2.05, 4.69) is 28.0 Å². The van der Waals surface area contributed by atoms with Crippen molar-refractivity contribution in [2.24, 2.45) is 0 Å². The summed E-state index contributed by atoms with van der Waals surface area (Å²) >= 11 is 4.23.